The van der Waals surface area contributed by atoms with E-state index in [0.29, 0.717) is 29.4 Å². The summed E-state index contributed by atoms with van der Waals surface area (Å²) in [6.07, 6.45) is 6.36. The first kappa shape index (κ1) is 22.5. The normalized spacial score (nSPS) is 28.0. The third kappa shape index (κ3) is 3.83. The molecule has 2 aliphatic rings. The van der Waals surface area contributed by atoms with Gasteiger partial charge in [0, 0.05) is 35.3 Å². The lowest BCUT2D eigenvalue weighted by molar-refractivity contribution is 0.0859. The molecule has 4 atom stereocenters. The molecule has 34 heavy (non-hydrogen) atoms. The van der Waals surface area contributed by atoms with Crippen molar-refractivity contribution < 1.29 is 14.2 Å². The van der Waals surface area contributed by atoms with E-state index >= 15 is 4.39 Å². The first-order valence-corrected chi connectivity index (χ1v) is 11.4. The van der Waals surface area contributed by atoms with Crippen molar-refractivity contribution in [1.29, 1.82) is 0 Å². The molecule has 2 N–H and O–H groups in total. The molecule has 2 bridgehead atoms. The van der Waals surface area contributed by atoms with Crippen LogP contribution in [0.4, 0.5) is 10.2 Å². The van der Waals surface area contributed by atoms with Gasteiger partial charge in [-0.25, -0.2) is 9.37 Å². The van der Waals surface area contributed by atoms with E-state index in [9.17, 15) is 5.11 Å². The highest BCUT2D eigenvalue weighted by molar-refractivity contribution is 5.74. The van der Waals surface area contributed by atoms with Crippen LogP contribution in [0.2, 0.25) is 0 Å². The van der Waals surface area contributed by atoms with Crippen LogP contribution < -0.4 is 15.0 Å². The van der Waals surface area contributed by atoms with Gasteiger partial charge in [-0.1, -0.05) is 6.07 Å². The molecule has 0 aliphatic carbocycles. The molecule has 4 heterocycles. The minimum Gasteiger partial charge on any atom is -0.507 e. The van der Waals surface area contributed by atoms with Crippen molar-refractivity contribution in [3.8, 4) is 34.0 Å². The molecule has 5 rings (SSSR count). The predicted octanol–water partition coefficient (Wildman–Crippen LogP) is 3.76. The van der Waals surface area contributed by atoms with Crippen molar-refractivity contribution in [2.45, 2.75) is 56.4 Å². The third-order valence-electron chi connectivity index (χ3n) is 7.33. The third-order valence-corrected chi connectivity index (χ3v) is 7.33. The summed E-state index contributed by atoms with van der Waals surface area (Å²) in [6, 6.07) is 6.77. The number of aromatic nitrogens is 4. The first-order chi connectivity index (χ1) is 16.2. The van der Waals surface area contributed by atoms with Gasteiger partial charge < -0.3 is 20.1 Å². The Hall–Kier alpha value is -3.33. The number of benzene rings is 1. The molecule has 9 heteroatoms. The van der Waals surface area contributed by atoms with Crippen molar-refractivity contribution >= 4 is 5.82 Å². The molecule has 2 aliphatic heterocycles. The number of aromatic hydroxyl groups is 1. The average molecular weight is 465 g/mol. The summed E-state index contributed by atoms with van der Waals surface area (Å²) < 4.78 is 20.6. The molecule has 178 valence electrons. The second kappa shape index (κ2) is 8.16. The van der Waals surface area contributed by atoms with E-state index in [1.54, 1.807) is 36.8 Å². The van der Waals surface area contributed by atoms with E-state index in [-0.39, 0.29) is 17.3 Å². The number of ether oxygens (including phenoxy) is 1. The van der Waals surface area contributed by atoms with Gasteiger partial charge in [0.25, 0.3) is 0 Å². The van der Waals surface area contributed by atoms with Crippen LogP contribution >= 0.6 is 0 Å². The van der Waals surface area contributed by atoms with E-state index < -0.39 is 11.7 Å². The SMILES string of the molecule is COc1cc(-c2ccc(-c3cnc(N(C)[C@H]4C[C@]5(C)CC[C@@](C)(N5)[C@H]4F)cn3)c(O)c2)cnn1. The molecule has 0 spiro atoms. The van der Waals surface area contributed by atoms with Crippen LogP contribution in [0.25, 0.3) is 22.4 Å². The average Bonchev–Trinajstić information content (AvgIpc) is 3.12. The lowest BCUT2D eigenvalue weighted by Crippen LogP contribution is -2.65. The van der Waals surface area contributed by atoms with Gasteiger partial charge in [0.05, 0.1) is 37.4 Å². The van der Waals surface area contributed by atoms with Crippen molar-refractivity contribution in [1.82, 2.24) is 25.5 Å². The number of hydrogen-bond acceptors (Lipinski definition) is 8. The summed E-state index contributed by atoms with van der Waals surface area (Å²) in [4.78, 5) is 11.0. The number of alkyl halides is 1. The van der Waals surface area contributed by atoms with Crippen molar-refractivity contribution in [3.63, 3.8) is 0 Å². The quantitative estimate of drug-likeness (QED) is 0.589. The summed E-state index contributed by atoms with van der Waals surface area (Å²) in [5.74, 6) is 1.08. The summed E-state index contributed by atoms with van der Waals surface area (Å²) in [7, 11) is 3.40. The van der Waals surface area contributed by atoms with Crippen molar-refractivity contribution in [2.75, 3.05) is 19.1 Å². The number of halogens is 1. The molecule has 2 saturated heterocycles. The highest BCUT2D eigenvalue weighted by atomic mass is 19.1. The van der Waals surface area contributed by atoms with Gasteiger partial charge in [0.1, 0.15) is 17.7 Å². The monoisotopic (exact) mass is 464 g/mol. The van der Waals surface area contributed by atoms with Crippen LogP contribution in [0, 0.1) is 0 Å². The van der Waals surface area contributed by atoms with E-state index in [1.165, 1.54) is 7.11 Å². The highest BCUT2D eigenvalue weighted by Crippen LogP contribution is 2.45. The van der Waals surface area contributed by atoms with Gasteiger partial charge in [-0.3, -0.25) is 4.98 Å². The molecular formula is C25H29FN6O2. The van der Waals surface area contributed by atoms with Crippen LogP contribution in [-0.4, -0.2) is 62.7 Å². The number of nitrogens with zero attached hydrogens (tertiary/aromatic N) is 5. The number of hydrogen-bond donors (Lipinski definition) is 2. The first-order valence-electron chi connectivity index (χ1n) is 11.4. The zero-order valence-electron chi connectivity index (χ0n) is 19.8. The van der Waals surface area contributed by atoms with E-state index in [0.717, 1.165) is 24.0 Å². The van der Waals surface area contributed by atoms with Gasteiger partial charge in [-0.05, 0) is 50.8 Å². The Kier molecular flexibility index (Phi) is 5.39. The van der Waals surface area contributed by atoms with Gasteiger partial charge in [-0.15, -0.1) is 5.10 Å². The summed E-state index contributed by atoms with van der Waals surface area (Å²) >= 11 is 0. The molecule has 0 amide bonds. The van der Waals surface area contributed by atoms with E-state index in [2.05, 4.69) is 32.4 Å². The second-order valence-electron chi connectivity index (χ2n) is 9.87. The van der Waals surface area contributed by atoms with Crippen LogP contribution in [0.1, 0.15) is 33.1 Å². The fraction of sp³-hybridized carbons (Fsp3) is 0.440. The number of rotatable bonds is 5. The van der Waals surface area contributed by atoms with Crippen molar-refractivity contribution in [3.05, 3.63) is 42.9 Å². The summed E-state index contributed by atoms with van der Waals surface area (Å²) in [6.45, 7) is 4.15. The Morgan fingerprint density at radius 3 is 2.65 bits per heavy atom. The molecule has 0 radical (unpaired) electrons. The maximum absolute atomic E-state index is 15.5. The lowest BCUT2D eigenvalue weighted by Gasteiger charge is -2.47. The molecule has 3 aromatic rings. The van der Waals surface area contributed by atoms with Crippen LogP contribution in [0.3, 0.4) is 0 Å². The summed E-state index contributed by atoms with van der Waals surface area (Å²) in [5, 5.41) is 22.0. The van der Waals surface area contributed by atoms with Crippen molar-refractivity contribution in [2.24, 2.45) is 0 Å². The Bertz CT molecular complexity index is 1210. The van der Waals surface area contributed by atoms with E-state index in [4.69, 9.17) is 4.74 Å². The summed E-state index contributed by atoms with van der Waals surface area (Å²) in [5.41, 5.74) is 2.06. The fourth-order valence-corrected chi connectivity index (χ4v) is 5.38. The van der Waals surface area contributed by atoms with E-state index in [1.807, 2.05) is 24.9 Å². The van der Waals surface area contributed by atoms with Crippen LogP contribution in [0.5, 0.6) is 11.6 Å². The lowest BCUT2D eigenvalue weighted by atomic mass is 9.82. The van der Waals surface area contributed by atoms with Gasteiger partial charge in [0.15, 0.2) is 0 Å². The van der Waals surface area contributed by atoms with Gasteiger partial charge in [-0.2, -0.15) is 5.10 Å². The standard InChI is InChI=1S/C25H29FN6O2/c1-24-7-8-25(2,31-24)23(26)19(11-24)32(3)21-14-27-18(13-28-21)17-6-5-15(9-20(17)33)16-10-22(34-4)30-29-12-16/h5-6,9-10,12-14,19,23,31,33H,7-8,11H2,1-4H3/t19-,23-,24-,25+/m0/s1. The Morgan fingerprint density at radius 2 is 1.94 bits per heavy atom. The topological polar surface area (TPSA) is 96.3 Å². The maximum Gasteiger partial charge on any atom is 0.233 e. The number of anilines is 1. The van der Waals surface area contributed by atoms with Crippen LogP contribution in [-0.2, 0) is 0 Å². The number of phenols is 1. The Labute approximate surface area is 198 Å². The largest absolute Gasteiger partial charge is 0.507 e. The molecule has 2 aromatic heterocycles. The zero-order valence-corrected chi connectivity index (χ0v) is 19.8. The number of fused-ring (bicyclic) bond motifs is 2. The molecule has 0 saturated carbocycles. The Balaban J connectivity index is 1.37. The molecule has 1 aromatic carbocycles. The zero-order chi connectivity index (χ0) is 24.1. The minimum absolute atomic E-state index is 0.0640. The Morgan fingerprint density at radius 1 is 1.12 bits per heavy atom. The number of nitrogens with one attached hydrogen (secondary N) is 1. The predicted molar refractivity (Wildman–Crippen MR) is 128 cm³/mol. The highest BCUT2D eigenvalue weighted by Gasteiger charge is 2.56. The number of methoxy groups -OCH3 is 1. The van der Waals surface area contributed by atoms with Gasteiger partial charge >= 0.3 is 0 Å². The smallest absolute Gasteiger partial charge is 0.233 e. The second-order valence-corrected chi connectivity index (χ2v) is 9.87. The number of phenolic OH excluding ortho intramolecular Hbond substituents is 1. The fourth-order valence-electron chi connectivity index (χ4n) is 5.38. The molecule has 2 fully saturated rings. The minimum atomic E-state index is -1.01. The molecule has 8 nitrogen and oxygen atoms in total. The van der Waals surface area contributed by atoms with Crippen LogP contribution in [0.15, 0.2) is 42.9 Å². The maximum atomic E-state index is 15.5. The number of piperidine rings is 1. The molecule has 0 unspecified atom stereocenters. The molecular weight excluding hydrogens is 435 g/mol. The van der Waals surface area contributed by atoms with Gasteiger partial charge in [0.2, 0.25) is 5.88 Å².